The summed E-state index contributed by atoms with van der Waals surface area (Å²) in [5.74, 6) is 0.963. The topological polar surface area (TPSA) is 134 Å². The summed E-state index contributed by atoms with van der Waals surface area (Å²) >= 11 is 0. The minimum absolute atomic E-state index is 0.210. The lowest BCUT2D eigenvalue weighted by molar-refractivity contribution is 0.122. The second kappa shape index (κ2) is 6.81. The van der Waals surface area contributed by atoms with Crippen molar-refractivity contribution in [2.24, 2.45) is 5.73 Å². The first-order chi connectivity index (χ1) is 12.7. The molecule has 0 spiro atoms. The normalized spacial score (nSPS) is 16.2. The summed E-state index contributed by atoms with van der Waals surface area (Å²) in [5.41, 5.74) is 14.4. The molecule has 1 unspecified atom stereocenters. The summed E-state index contributed by atoms with van der Waals surface area (Å²) in [7, 11) is 0. The van der Waals surface area contributed by atoms with Gasteiger partial charge >= 0.3 is 0 Å². The maximum Gasteiger partial charge on any atom is 0.228 e. The van der Waals surface area contributed by atoms with Crippen LogP contribution in [-0.2, 0) is 4.74 Å². The van der Waals surface area contributed by atoms with E-state index in [1.54, 1.807) is 12.5 Å². The number of ether oxygens (including phenoxy) is 1. The van der Waals surface area contributed by atoms with Gasteiger partial charge in [0.05, 0.1) is 38.1 Å². The molecule has 1 aliphatic heterocycles. The molecule has 0 radical (unpaired) electrons. The van der Waals surface area contributed by atoms with Crippen LogP contribution in [0, 0.1) is 0 Å². The molecule has 0 bridgehead atoms. The molecule has 4 heterocycles. The van der Waals surface area contributed by atoms with Crippen LogP contribution in [0.1, 0.15) is 19.5 Å². The minimum Gasteiger partial charge on any atom is -0.382 e. The molecule has 10 nitrogen and oxygen atoms in total. The molecule has 136 valence electrons. The standard InChI is InChI=1S/C16H21N9O/c1-2-12(18)25-9-21-14-13(10-7-20-11(17)8-19-10)22-16(23-15(14)25)24-3-5-26-6-4-24/h7-9,12H,2-6,18H2,1H3,(H2,17,20). The van der Waals surface area contributed by atoms with Crippen LogP contribution in [0.25, 0.3) is 22.6 Å². The van der Waals surface area contributed by atoms with Crippen LogP contribution in [-0.4, -0.2) is 55.8 Å². The van der Waals surface area contributed by atoms with Gasteiger partial charge in [0.15, 0.2) is 5.65 Å². The first kappa shape index (κ1) is 16.6. The largest absolute Gasteiger partial charge is 0.382 e. The van der Waals surface area contributed by atoms with Crippen LogP contribution >= 0.6 is 0 Å². The van der Waals surface area contributed by atoms with Gasteiger partial charge in [0, 0.05) is 13.1 Å². The Morgan fingerprint density at radius 3 is 2.65 bits per heavy atom. The van der Waals surface area contributed by atoms with Gasteiger partial charge in [-0.2, -0.15) is 4.98 Å². The summed E-state index contributed by atoms with van der Waals surface area (Å²) in [5, 5.41) is 0. The number of nitrogen functional groups attached to an aromatic ring is 1. The smallest absolute Gasteiger partial charge is 0.228 e. The predicted octanol–water partition coefficient (Wildman–Crippen LogP) is 0.569. The lowest BCUT2D eigenvalue weighted by Crippen LogP contribution is -2.37. The van der Waals surface area contributed by atoms with Crippen LogP contribution in [0.5, 0.6) is 0 Å². The lowest BCUT2D eigenvalue weighted by atomic mass is 10.2. The highest BCUT2D eigenvalue weighted by Crippen LogP contribution is 2.27. The number of morpholine rings is 1. The monoisotopic (exact) mass is 355 g/mol. The number of nitrogens with zero attached hydrogens (tertiary/aromatic N) is 7. The zero-order valence-corrected chi connectivity index (χ0v) is 14.5. The van der Waals surface area contributed by atoms with Crippen LogP contribution < -0.4 is 16.4 Å². The predicted molar refractivity (Wildman–Crippen MR) is 97.3 cm³/mol. The van der Waals surface area contributed by atoms with E-state index in [0.29, 0.717) is 47.5 Å². The average Bonchev–Trinajstić information content (AvgIpc) is 3.12. The summed E-state index contributed by atoms with van der Waals surface area (Å²) < 4.78 is 7.30. The van der Waals surface area contributed by atoms with Crippen molar-refractivity contribution in [3.63, 3.8) is 0 Å². The molecule has 0 aromatic carbocycles. The van der Waals surface area contributed by atoms with Gasteiger partial charge in [0.1, 0.15) is 22.7 Å². The van der Waals surface area contributed by atoms with Crippen molar-refractivity contribution in [1.29, 1.82) is 0 Å². The number of hydrogen-bond acceptors (Lipinski definition) is 9. The molecule has 10 heteroatoms. The second-order valence-corrected chi connectivity index (χ2v) is 6.10. The molecule has 3 aromatic heterocycles. The van der Waals surface area contributed by atoms with Crippen molar-refractivity contribution < 1.29 is 4.74 Å². The zero-order chi connectivity index (χ0) is 18.1. The molecule has 0 saturated carbocycles. The van der Waals surface area contributed by atoms with Crippen molar-refractivity contribution >= 4 is 22.9 Å². The van der Waals surface area contributed by atoms with Gasteiger partial charge in [-0.15, -0.1) is 0 Å². The fourth-order valence-corrected chi connectivity index (χ4v) is 2.89. The molecule has 26 heavy (non-hydrogen) atoms. The number of hydrogen-bond donors (Lipinski definition) is 2. The van der Waals surface area contributed by atoms with E-state index < -0.39 is 0 Å². The maximum atomic E-state index is 6.23. The Kier molecular flexibility index (Phi) is 4.35. The molecular weight excluding hydrogens is 334 g/mol. The highest BCUT2D eigenvalue weighted by atomic mass is 16.5. The van der Waals surface area contributed by atoms with Gasteiger partial charge in [0.25, 0.3) is 0 Å². The fourth-order valence-electron chi connectivity index (χ4n) is 2.89. The van der Waals surface area contributed by atoms with E-state index in [-0.39, 0.29) is 6.17 Å². The Labute approximate surface area is 150 Å². The van der Waals surface area contributed by atoms with E-state index in [1.165, 1.54) is 6.20 Å². The average molecular weight is 355 g/mol. The highest BCUT2D eigenvalue weighted by Gasteiger charge is 2.21. The van der Waals surface area contributed by atoms with Gasteiger partial charge in [0.2, 0.25) is 5.95 Å². The number of nitrogens with two attached hydrogens (primary N) is 2. The Balaban J connectivity index is 1.90. The number of imidazole rings is 1. The van der Waals surface area contributed by atoms with Crippen LogP contribution in [0.4, 0.5) is 11.8 Å². The van der Waals surface area contributed by atoms with Gasteiger partial charge in [-0.05, 0) is 6.42 Å². The lowest BCUT2D eigenvalue weighted by Gasteiger charge is -2.27. The minimum atomic E-state index is -0.210. The zero-order valence-electron chi connectivity index (χ0n) is 14.5. The maximum absolute atomic E-state index is 6.23. The van der Waals surface area contributed by atoms with Crippen LogP contribution in [0.2, 0.25) is 0 Å². The molecular formula is C16H21N9O. The van der Waals surface area contributed by atoms with Crippen molar-refractivity contribution in [2.45, 2.75) is 19.5 Å². The van der Waals surface area contributed by atoms with E-state index in [1.807, 2.05) is 11.5 Å². The SMILES string of the molecule is CCC(N)n1cnc2c(-c3cnc(N)cn3)nc(N3CCOCC3)nc21. The molecule has 3 aromatic rings. The number of anilines is 2. The van der Waals surface area contributed by atoms with E-state index in [0.717, 1.165) is 19.5 Å². The van der Waals surface area contributed by atoms with Crippen LogP contribution in [0.15, 0.2) is 18.7 Å². The Morgan fingerprint density at radius 2 is 1.96 bits per heavy atom. The van der Waals surface area contributed by atoms with E-state index in [4.69, 9.17) is 26.2 Å². The van der Waals surface area contributed by atoms with Crippen LogP contribution in [0.3, 0.4) is 0 Å². The molecule has 1 aliphatic rings. The van der Waals surface area contributed by atoms with Gasteiger partial charge in [-0.1, -0.05) is 6.92 Å². The van der Waals surface area contributed by atoms with Crippen molar-refractivity contribution in [3.05, 3.63) is 18.7 Å². The quantitative estimate of drug-likeness (QED) is 0.688. The first-order valence-corrected chi connectivity index (χ1v) is 8.58. The third-order valence-electron chi connectivity index (χ3n) is 4.39. The Bertz CT molecular complexity index is 902. The third kappa shape index (κ3) is 2.93. The van der Waals surface area contributed by atoms with E-state index >= 15 is 0 Å². The second-order valence-electron chi connectivity index (χ2n) is 6.10. The molecule has 1 saturated heterocycles. The van der Waals surface area contributed by atoms with Gasteiger partial charge in [-0.3, -0.25) is 4.57 Å². The summed E-state index contributed by atoms with van der Waals surface area (Å²) in [6.07, 6.45) is 5.35. The van der Waals surface area contributed by atoms with Crippen molar-refractivity contribution in [3.8, 4) is 11.4 Å². The van der Waals surface area contributed by atoms with E-state index in [2.05, 4.69) is 19.9 Å². The summed E-state index contributed by atoms with van der Waals surface area (Å²) in [6, 6.07) is 0. The first-order valence-electron chi connectivity index (χ1n) is 8.58. The Morgan fingerprint density at radius 1 is 1.15 bits per heavy atom. The number of rotatable bonds is 4. The summed E-state index contributed by atoms with van der Waals surface area (Å²) in [6.45, 7) is 4.77. The van der Waals surface area contributed by atoms with Gasteiger partial charge < -0.3 is 21.1 Å². The van der Waals surface area contributed by atoms with Gasteiger partial charge in [-0.25, -0.2) is 19.9 Å². The molecule has 0 aliphatic carbocycles. The Hall–Kier alpha value is -2.85. The van der Waals surface area contributed by atoms with Crippen molar-refractivity contribution in [2.75, 3.05) is 36.9 Å². The highest BCUT2D eigenvalue weighted by molar-refractivity contribution is 5.87. The number of fused-ring (bicyclic) bond motifs is 1. The molecule has 1 fully saturated rings. The van der Waals surface area contributed by atoms with E-state index in [9.17, 15) is 0 Å². The number of aromatic nitrogens is 6. The molecule has 1 atom stereocenters. The fraction of sp³-hybridized carbons (Fsp3) is 0.438. The molecule has 0 amide bonds. The molecule has 4 N–H and O–H groups in total. The summed E-state index contributed by atoms with van der Waals surface area (Å²) in [4.78, 5) is 24.5. The third-order valence-corrected chi connectivity index (χ3v) is 4.39. The molecule has 4 rings (SSSR count). The van der Waals surface area contributed by atoms with Crippen molar-refractivity contribution in [1.82, 2.24) is 29.5 Å².